The molecule has 0 aromatic heterocycles. The zero-order chi connectivity index (χ0) is 18.9. The Balaban J connectivity index is 2.00. The maximum Gasteiger partial charge on any atom is 0.411 e. The van der Waals surface area contributed by atoms with Crippen LogP contribution in [0.25, 0.3) is 0 Å². The number of hydrogen-bond acceptors (Lipinski definition) is 5. The summed E-state index contributed by atoms with van der Waals surface area (Å²) in [6.07, 6.45) is -0.386. The van der Waals surface area contributed by atoms with E-state index < -0.39 is 18.0 Å². The number of benzene rings is 2. The monoisotopic (exact) mass is 357 g/mol. The van der Waals surface area contributed by atoms with Crippen LogP contribution >= 0.6 is 0 Å². The number of nitrogens with one attached hydrogen (secondary N) is 1. The van der Waals surface area contributed by atoms with E-state index in [0.29, 0.717) is 11.3 Å². The molecule has 0 spiro atoms. The molecule has 2 rings (SSSR count). The van der Waals surface area contributed by atoms with Crippen LogP contribution in [0.15, 0.2) is 48.5 Å². The fraction of sp³-hybridized carbons (Fsp3) is 0.211. The number of methoxy groups -OCH3 is 1. The van der Waals surface area contributed by atoms with Gasteiger partial charge in [0.1, 0.15) is 6.61 Å². The molecule has 0 bridgehead atoms. The number of amides is 1. The smallest absolute Gasteiger partial charge is 0.411 e. The molecule has 7 heteroatoms. The lowest BCUT2D eigenvalue weighted by atomic mass is 10.0. The van der Waals surface area contributed by atoms with Crippen LogP contribution in [-0.2, 0) is 27.3 Å². The highest BCUT2D eigenvalue weighted by molar-refractivity contribution is 5.93. The van der Waals surface area contributed by atoms with E-state index in [1.165, 1.54) is 13.2 Å². The quantitative estimate of drug-likeness (QED) is 0.738. The molecule has 0 atom stereocenters. The van der Waals surface area contributed by atoms with Crippen LogP contribution in [0.5, 0.6) is 0 Å². The molecule has 2 N–H and O–H groups in total. The van der Waals surface area contributed by atoms with Gasteiger partial charge < -0.3 is 14.6 Å². The second-order valence-electron chi connectivity index (χ2n) is 5.44. The Morgan fingerprint density at radius 3 is 2.46 bits per heavy atom. The van der Waals surface area contributed by atoms with E-state index in [4.69, 9.17) is 4.74 Å². The molecule has 0 aliphatic rings. The average molecular weight is 357 g/mol. The molecule has 2 aromatic carbocycles. The Bertz CT molecular complexity index is 788. The number of anilines is 1. The van der Waals surface area contributed by atoms with E-state index in [1.807, 2.05) is 30.3 Å². The summed E-state index contributed by atoms with van der Waals surface area (Å²) in [4.78, 5) is 34.5. The molecule has 26 heavy (non-hydrogen) atoms. The first-order valence-corrected chi connectivity index (χ1v) is 7.90. The number of esters is 1. The fourth-order valence-corrected chi connectivity index (χ4v) is 2.29. The molecule has 1 amide bonds. The van der Waals surface area contributed by atoms with Gasteiger partial charge >= 0.3 is 18.0 Å². The number of aryl methyl sites for hydroxylation is 1. The van der Waals surface area contributed by atoms with E-state index in [1.54, 1.807) is 12.1 Å². The minimum Gasteiger partial charge on any atom is -0.478 e. The van der Waals surface area contributed by atoms with Crippen molar-refractivity contribution >= 4 is 23.7 Å². The first-order valence-electron chi connectivity index (χ1n) is 7.90. The molecule has 2 aromatic rings. The van der Waals surface area contributed by atoms with Crippen LogP contribution in [0.1, 0.15) is 27.9 Å². The van der Waals surface area contributed by atoms with E-state index in [0.717, 1.165) is 5.56 Å². The lowest BCUT2D eigenvalue weighted by molar-refractivity contribution is -0.140. The van der Waals surface area contributed by atoms with Gasteiger partial charge in [-0.3, -0.25) is 10.1 Å². The number of ether oxygens (including phenoxy) is 2. The van der Waals surface area contributed by atoms with Gasteiger partial charge in [0.15, 0.2) is 0 Å². The Kier molecular flexibility index (Phi) is 6.73. The van der Waals surface area contributed by atoms with Gasteiger partial charge in [0.05, 0.1) is 12.7 Å². The zero-order valence-electron chi connectivity index (χ0n) is 14.2. The Morgan fingerprint density at radius 1 is 1.08 bits per heavy atom. The molecule has 0 fully saturated rings. The van der Waals surface area contributed by atoms with E-state index in [2.05, 4.69) is 10.1 Å². The predicted octanol–water partition coefficient (Wildman–Crippen LogP) is 3.24. The number of hydrogen-bond donors (Lipinski definition) is 2. The minimum atomic E-state index is -1.15. The Hall–Kier alpha value is -3.35. The Morgan fingerprint density at radius 2 is 1.81 bits per heavy atom. The molecule has 0 unspecified atom stereocenters. The van der Waals surface area contributed by atoms with Crippen molar-refractivity contribution in [2.45, 2.75) is 19.4 Å². The summed E-state index contributed by atoms with van der Waals surface area (Å²) >= 11 is 0. The summed E-state index contributed by atoms with van der Waals surface area (Å²) in [7, 11) is 1.27. The van der Waals surface area contributed by atoms with Crippen molar-refractivity contribution in [2.24, 2.45) is 0 Å². The standard InChI is InChI=1S/C19H19NO6/c1-25-17(21)10-8-14-7-9-15(11-16(14)18(22)23)20-19(24)26-12-13-5-3-2-4-6-13/h2-7,9,11H,8,10,12H2,1H3,(H,20,24)(H,22,23). The van der Waals surface area contributed by atoms with E-state index >= 15 is 0 Å². The molecule has 7 nitrogen and oxygen atoms in total. The maximum atomic E-state index is 11.9. The van der Waals surface area contributed by atoms with Crippen molar-refractivity contribution in [1.82, 2.24) is 0 Å². The number of carbonyl (C=O) groups excluding carboxylic acids is 2. The summed E-state index contributed by atoms with van der Waals surface area (Å²) in [5.41, 5.74) is 1.62. The van der Waals surface area contributed by atoms with Gasteiger partial charge in [-0.2, -0.15) is 0 Å². The third-order valence-corrected chi connectivity index (χ3v) is 3.63. The number of rotatable bonds is 7. The lowest BCUT2D eigenvalue weighted by Gasteiger charge is -2.10. The topological polar surface area (TPSA) is 102 Å². The third-order valence-electron chi connectivity index (χ3n) is 3.63. The highest BCUT2D eigenvalue weighted by Crippen LogP contribution is 2.18. The first kappa shape index (κ1) is 19.0. The van der Waals surface area contributed by atoms with Crippen LogP contribution in [-0.4, -0.2) is 30.2 Å². The van der Waals surface area contributed by atoms with Crippen molar-refractivity contribution in [1.29, 1.82) is 0 Å². The van der Waals surface area contributed by atoms with Crippen LogP contribution in [0, 0.1) is 0 Å². The number of carbonyl (C=O) groups is 3. The number of carboxylic acids is 1. The third kappa shape index (κ3) is 5.62. The predicted molar refractivity (Wildman–Crippen MR) is 94.0 cm³/mol. The lowest BCUT2D eigenvalue weighted by Crippen LogP contribution is -2.14. The average Bonchev–Trinajstić information content (AvgIpc) is 2.65. The summed E-state index contributed by atoms with van der Waals surface area (Å²) in [5.74, 6) is -1.57. The van der Waals surface area contributed by atoms with Gasteiger partial charge in [0.25, 0.3) is 0 Å². The van der Waals surface area contributed by atoms with E-state index in [-0.39, 0.29) is 25.0 Å². The SMILES string of the molecule is COC(=O)CCc1ccc(NC(=O)OCc2ccccc2)cc1C(=O)O. The van der Waals surface area contributed by atoms with Crippen molar-refractivity contribution in [3.8, 4) is 0 Å². The molecular weight excluding hydrogens is 338 g/mol. The van der Waals surface area contributed by atoms with Gasteiger partial charge in [0.2, 0.25) is 0 Å². The summed E-state index contributed by atoms with van der Waals surface area (Å²) in [6, 6.07) is 13.6. The minimum absolute atomic E-state index is 0.00904. The van der Waals surface area contributed by atoms with Crippen molar-refractivity contribution in [3.05, 3.63) is 65.2 Å². The zero-order valence-corrected chi connectivity index (χ0v) is 14.2. The molecule has 0 radical (unpaired) electrons. The van der Waals surface area contributed by atoms with Crippen molar-refractivity contribution in [2.75, 3.05) is 12.4 Å². The van der Waals surface area contributed by atoms with Crippen LogP contribution < -0.4 is 5.32 Å². The largest absolute Gasteiger partial charge is 0.478 e. The van der Waals surface area contributed by atoms with Crippen molar-refractivity contribution < 1.29 is 29.0 Å². The van der Waals surface area contributed by atoms with Gasteiger partial charge in [0, 0.05) is 12.1 Å². The van der Waals surface area contributed by atoms with Gasteiger partial charge in [-0.25, -0.2) is 9.59 Å². The molecule has 0 aliphatic carbocycles. The highest BCUT2D eigenvalue weighted by atomic mass is 16.5. The highest BCUT2D eigenvalue weighted by Gasteiger charge is 2.14. The van der Waals surface area contributed by atoms with Crippen LogP contribution in [0.2, 0.25) is 0 Å². The second-order valence-corrected chi connectivity index (χ2v) is 5.44. The van der Waals surface area contributed by atoms with Crippen molar-refractivity contribution in [3.63, 3.8) is 0 Å². The fourth-order valence-electron chi connectivity index (χ4n) is 2.29. The summed E-state index contributed by atoms with van der Waals surface area (Å²) < 4.78 is 9.65. The maximum absolute atomic E-state index is 11.9. The molecule has 0 saturated carbocycles. The molecule has 136 valence electrons. The number of carboxylic acid groups (broad SMARTS) is 1. The van der Waals surface area contributed by atoms with Crippen LogP contribution in [0.4, 0.5) is 10.5 Å². The van der Waals surface area contributed by atoms with Crippen LogP contribution in [0.3, 0.4) is 0 Å². The van der Waals surface area contributed by atoms with Gasteiger partial charge in [-0.05, 0) is 29.7 Å². The van der Waals surface area contributed by atoms with Gasteiger partial charge in [-0.1, -0.05) is 36.4 Å². The summed E-state index contributed by atoms with van der Waals surface area (Å²) in [5, 5.41) is 11.8. The second kappa shape index (κ2) is 9.22. The Labute approximate surface area is 150 Å². The normalized spacial score (nSPS) is 10.0. The first-order chi connectivity index (χ1) is 12.5. The molecule has 0 aliphatic heterocycles. The van der Waals surface area contributed by atoms with E-state index in [9.17, 15) is 19.5 Å². The molecular formula is C19H19NO6. The van der Waals surface area contributed by atoms with Gasteiger partial charge in [-0.15, -0.1) is 0 Å². The molecule has 0 saturated heterocycles. The summed E-state index contributed by atoms with van der Waals surface area (Å²) in [6.45, 7) is 0.107. The number of aromatic carboxylic acids is 1. The molecule has 0 heterocycles.